The maximum absolute atomic E-state index is 10.5. The molecule has 0 saturated heterocycles. The molecule has 2 aromatic rings. The lowest BCUT2D eigenvalue weighted by molar-refractivity contribution is 0.204. The fourth-order valence-electron chi connectivity index (χ4n) is 1.86. The first-order valence-corrected chi connectivity index (χ1v) is 6.85. The van der Waals surface area contributed by atoms with Crippen molar-refractivity contribution in [3.8, 4) is 0 Å². The zero-order valence-electron chi connectivity index (χ0n) is 10.1. The van der Waals surface area contributed by atoms with Crippen molar-refractivity contribution < 1.29 is 5.11 Å². The van der Waals surface area contributed by atoms with Crippen molar-refractivity contribution in [3.63, 3.8) is 0 Å². The molecule has 0 bridgehead atoms. The number of aromatic nitrogens is 2. The third-order valence-corrected chi connectivity index (χ3v) is 3.69. The van der Waals surface area contributed by atoms with Crippen LogP contribution in [0.25, 0.3) is 0 Å². The summed E-state index contributed by atoms with van der Waals surface area (Å²) in [5.41, 5.74) is 1.40. The van der Waals surface area contributed by atoms with E-state index >= 15 is 0 Å². The lowest BCUT2D eigenvalue weighted by atomic mass is 10.1. The minimum absolute atomic E-state index is 0.170. The summed E-state index contributed by atoms with van der Waals surface area (Å²) in [4.78, 5) is 0. The van der Waals surface area contributed by atoms with Gasteiger partial charge in [0.05, 0.1) is 16.4 Å². The van der Waals surface area contributed by atoms with Crippen molar-refractivity contribution in [2.75, 3.05) is 0 Å². The Kier molecular flexibility index (Phi) is 4.10. The number of halogens is 2. The monoisotopic (exact) mass is 328 g/mol. The summed E-state index contributed by atoms with van der Waals surface area (Å²) in [5, 5.41) is 15.3. The summed E-state index contributed by atoms with van der Waals surface area (Å²) in [7, 11) is 0. The molecule has 0 radical (unpaired) electrons. The first-order chi connectivity index (χ1) is 8.52. The first kappa shape index (κ1) is 13.6. The van der Waals surface area contributed by atoms with Gasteiger partial charge < -0.3 is 5.11 Å². The second-order valence-electron chi connectivity index (χ2n) is 4.34. The Bertz CT molecular complexity index is 554. The predicted octanol–water partition coefficient (Wildman–Crippen LogP) is 3.96. The van der Waals surface area contributed by atoms with Crippen LogP contribution in [-0.2, 0) is 0 Å². The molecule has 5 heteroatoms. The number of aliphatic hydroxyl groups is 1. The molecular formula is C13H14BrClN2O. The Morgan fingerprint density at radius 3 is 2.61 bits per heavy atom. The van der Waals surface area contributed by atoms with Gasteiger partial charge >= 0.3 is 0 Å². The molecule has 0 spiro atoms. The van der Waals surface area contributed by atoms with Crippen molar-refractivity contribution in [3.05, 3.63) is 51.2 Å². The molecule has 18 heavy (non-hydrogen) atoms. The van der Waals surface area contributed by atoms with Crippen LogP contribution >= 0.6 is 27.5 Å². The van der Waals surface area contributed by atoms with Gasteiger partial charge in [-0.3, -0.25) is 4.68 Å². The first-order valence-electron chi connectivity index (χ1n) is 5.67. The third kappa shape index (κ3) is 2.46. The van der Waals surface area contributed by atoms with Crippen LogP contribution in [0.2, 0.25) is 5.02 Å². The number of hydrogen-bond donors (Lipinski definition) is 1. The lowest BCUT2D eigenvalue weighted by Crippen LogP contribution is -2.12. The van der Waals surface area contributed by atoms with Gasteiger partial charge in [0.25, 0.3) is 0 Å². The SMILES string of the molecule is CC(C)n1ncc(Br)c1C(O)c1ccccc1Cl. The highest BCUT2D eigenvalue weighted by Gasteiger charge is 2.22. The maximum Gasteiger partial charge on any atom is 0.123 e. The van der Waals surface area contributed by atoms with E-state index in [0.29, 0.717) is 10.6 Å². The highest BCUT2D eigenvalue weighted by atomic mass is 79.9. The standard InChI is InChI=1S/C13H14BrClN2O/c1-8(2)17-12(10(14)7-16-17)13(18)9-5-3-4-6-11(9)15/h3-8,13,18H,1-2H3. The van der Waals surface area contributed by atoms with E-state index in [2.05, 4.69) is 21.0 Å². The number of benzene rings is 1. The Morgan fingerprint density at radius 2 is 2.00 bits per heavy atom. The molecule has 1 N–H and O–H groups in total. The predicted molar refractivity (Wildman–Crippen MR) is 75.8 cm³/mol. The van der Waals surface area contributed by atoms with Gasteiger partial charge in [-0.1, -0.05) is 29.8 Å². The molecule has 1 atom stereocenters. The molecule has 0 aliphatic heterocycles. The average molecular weight is 330 g/mol. The molecule has 96 valence electrons. The summed E-state index contributed by atoms with van der Waals surface area (Å²) in [6.07, 6.45) is 0.896. The van der Waals surface area contributed by atoms with Crippen LogP contribution in [0.4, 0.5) is 0 Å². The lowest BCUT2D eigenvalue weighted by Gasteiger charge is -2.17. The molecule has 1 heterocycles. The molecular weight excluding hydrogens is 316 g/mol. The van der Waals surface area contributed by atoms with Gasteiger partial charge in [0.1, 0.15) is 6.10 Å². The van der Waals surface area contributed by atoms with Crippen LogP contribution in [-0.4, -0.2) is 14.9 Å². The molecule has 0 aliphatic rings. The van der Waals surface area contributed by atoms with Gasteiger partial charge in [0.2, 0.25) is 0 Å². The number of rotatable bonds is 3. The third-order valence-electron chi connectivity index (χ3n) is 2.73. The Hall–Kier alpha value is -0.840. The molecule has 1 aromatic heterocycles. The van der Waals surface area contributed by atoms with Crippen molar-refractivity contribution in [2.45, 2.75) is 26.0 Å². The van der Waals surface area contributed by atoms with Gasteiger partial charge in [0, 0.05) is 16.6 Å². The molecule has 0 saturated carbocycles. The summed E-state index contributed by atoms with van der Waals surface area (Å²) < 4.78 is 2.57. The molecule has 0 aliphatic carbocycles. The van der Waals surface area contributed by atoms with E-state index in [1.54, 1.807) is 16.9 Å². The number of aliphatic hydroxyl groups excluding tert-OH is 1. The normalized spacial score (nSPS) is 13.0. The van der Waals surface area contributed by atoms with E-state index in [9.17, 15) is 5.11 Å². The Labute approximate surface area is 120 Å². The summed E-state index contributed by atoms with van der Waals surface area (Å²) in [5.74, 6) is 0. The smallest absolute Gasteiger partial charge is 0.123 e. The van der Waals surface area contributed by atoms with Crippen molar-refractivity contribution in [1.82, 2.24) is 9.78 Å². The van der Waals surface area contributed by atoms with Crippen molar-refractivity contribution in [2.24, 2.45) is 0 Å². The summed E-state index contributed by atoms with van der Waals surface area (Å²) in [6, 6.07) is 7.45. The van der Waals surface area contributed by atoms with Crippen LogP contribution in [0.15, 0.2) is 34.9 Å². The molecule has 0 amide bonds. The molecule has 1 unspecified atom stereocenters. The quantitative estimate of drug-likeness (QED) is 0.925. The minimum atomic E-state index is -0.794. The van der Waals surface area contributed by atoms with Crippen LogP contribution in [0, 0.1) is 0 Å². The van der Waals surface area contributed by atoms with Crippen LogP contribution in [0.1, 0.15) is 37.3 Å². The van der Waals surface area contributed by atoms with Gasteiger partial charge in [0.15, 0.2) is 0 Å². The van der Waals surface area contributed by atoms with Crippen LogP contribution in [0.5, 0.6) is 0 Å². The fraction of sp³-hybridized carbons (Fsp3) is 0.308. The van der Waals surface area contributed by atoms with E-state index < -0.39 is 6.10 Å². The highest BCUT2D eigenvalue weighted by molar-refractivity contribution is 9.10. The topological polar surface area (TPSA) is 38.0 Å². The van der Waals surface area contributed by atoms with Crippen molar-refractivity contribution in [1.29, 1.82) is 0 Å². The zero-order valence-corrected chi connectivity index (χ0v) is 12.5. The Morgan fingerprint density at radius 1 is 1.33 bits per heavy atom. The van der Waals surface area contributed by atoms with E-state index in [4.69, 9.17) is 11.6 Å². The number of nitrogens with zero attached hydrogens (tertiary/aromatic N) is 2. The average Bonchev–Trinajstić information content (AvgIpc) is 2.71. The van der Waals surface area contributed by atoms with Crippen LogP contribution < -0.4 is 0 Å². The second kappa shape index (κ2) is 5.43. The largest absolute Gasteiger partial charge is 0.382 e. The van der Waals surface area contributed by atoms with E-state index in [0.717, 1.165) is 10.2 Å². The zero-order chi connectivity index (χ0) is 13.3. The van der Waals surface area contributed by atoms with Gasteiger partial charge in [-0.15, -0.1) is 0 Å². The second-order valence-corrected chi connectivity index (χ2v) is 5.60. The van der Waals surface area contributed by atoms with E-state index in [1.165, 1.54) is 0 Å². The van der Waals surface area contributed by atoms with E-state index in [1.807, 2.05) is 32.0 Å². The molecule has 1 aromatic carbocycles. The van der Waals surface area contributed by atoms with Crippen molar-refractivity contribution >= 4 is 27.5 Å². The highest BCUT2D eigenvalue weighted by Crippen LogP contribution is 2.33. The molecule has 2 rings (SSSR count). The maximum atomic E-state index is 10.5. The fourth-order valence-corrected chi connectivity index (χ4v) is 2.59. The molecule has 3 nitrogen and oxygen atoms in total. The minimum Gasteiger partial charge on any atom is -0.382 e. The molecule has 0 fully saturated rings. The number of hydrogen-bond acceptors (Lipinski definition) is 2. The van der Waals surface area contributed by atoms with Gasteiger partial charge in [-0.2, -0.15) is 5.10 Å². The Balaban J connectivity index is 2.49. The summed E-state index contributed by atoms with van der Waals surface area (Å²) in [6.45, 7) is 4.03. The van der Waals surface area contributed by atoms with Gasteiger partial charge in [-0.05, 0) is 35.8 Å². The van der Waals surface area contributed by atoms with E-state index in [-0.39, 0.29) is 6.04 Å². The van der Waals surface area contributed by atoms with Gasteiger partial charge in [-0.25, -0.2) is 0 Å². The summed E-state index contributed by atoms with van der Waals surface area (Å²) >= 11 is 9.54. The van der Waals surface area contributed by atoms with Crippen LogP contribution in [0.3, 0.4) is 0 Å².